The van der Waals surface area contributed by atoms with E-state index in [1.165, 1.54) is 5.06 Å². The maximum absolute atomic E-state index is 11.8. The van der Waals surface area contributed by atoms with Gasteiger partial charge in [0.2, 0.25) is 0 Å². The van der Waals surface area contributed by atoms with Crippen LogP contribution in [0.15, 0.2) is 60.7 Å². The van der Waals surface area contributed by atoms with E-state index in [1.54, 1.807) is 0 Å². The standard InChI is InChI=1S/C18H21NO3/c1-2-13-22-19(16-11-7-4-8-12-16)17(18(20)21)14-15-9-5-3-6-10-15/h3-12,17H,2,13-14H2,1H3,(H,20,21). The topological polar surface area (TPSA) is 49.8 Å². The number of benzene rings is 2. The Kier molecular flexibility index (Phi) is 5.98. The van der Waals surface area contributed by atoms with Crippen molar-refractivity contribution in [1.82, 2.24) is 0 Å². The lowest BCUT2D eigenvalue weighted by Gasteiger charge is -2.30. The van der Waals surface area contributed by atoms with Crippen LogP contribution in [0, 0.1) is 0 Å². The summed E-state index contributed by atoms with van der Waals surface area (Å²) in [6, 6.07) is 18.2. The van der Waals surface area contributed by atoms with Crippen molar-refractivity contribution in [1.29, 1.82) is 0 Å². The maximum Gasteiger partial charge on any atom is 0.329 e. The van der Waals surface area contributed by atoms with E-state index in [4.69, 9.17) is 4.84 Å². The molecule has 1 N–H and O–H groups in total. The average molecular weight is 299 g/mol. The van der Waals surface area contributed by atoms with E-state index in [1.807, 2.05) is 67.6 Å². The Morgan fingerprint density at radius 3 is 2.23 bits per heavy atom. The molecule has 0 saturated heterocycles. The summed E-state index contributed by atoms with van der Waals surface area (Å²) in [7, 11) is 0. The van der Waals surface area contributed by atoms with Gasteiger partial charge < -0.3 is 5.11 Å². The molecule has 0 spiro atoms. The zero-order chi connectivity index (χ0) is 15.8. The van der Waals surface area contributed by atoms with Gasteiger partial charge in [0.05, 0.1) is 12.3 Å². The molecule has 0 saturated carbocycles. The number of hydroxylamine groups is 1. The number of hydrogen-bond donors (Lipinski definition) is 1. The van der Waals surface area contributed by atoms with Gasteiger partial charge in [-0.2, -0.15) is 0 Å². The maximum atomic E-state index is 11.8. The van der Waals surface area contributed by atoms with Crippen molar-refractivity contribution in [2.75, 3.05) is 11.7 Å². The first kappa shape index (κ1) is 16.0. The van der Waals surface area contributed by atoms with Crippen molar-refractivity contribution >= 4 is 11.7 Å². The summed E-state index contributed by atoms with van der Waals surface area (Å²) in [6.07, 6.45) is 1.20. The highest BCUT2D eigenvalue weighted by Gasteiger charge is 2.27. The predicted molar refractivity (Wildman–Crippen MR) is 86.7 cm³/mol. The normalized spacial score (nSPS) is 11.9. The largest absolute Gasteiger partial charge is 0.480 e. The van der Waals surface area contributed by atoms with Crippen molar-refractivity contribution in [3.8, 4) is 0 Å². The summed E-state index contributed by atoms with van der Waals surface area (Å²) >= 11 is 0. The van der Waals surface area contributed by atoms with Gasteiger partial charge in [0, 0.05) is 6.42 Å². The molecule has 0 aliphatic rings. The quantitative estimate of drug-likeness (QED) is 0.758. The van der Waals surface area contributed by atoms with E-state index >= 15 is 0 Å². The summed E-state index contributed by atoms with van der Waals surface area (Å²) in [5.74, 6) is -0.899. The number of carbonyl (C=O) groups is 1. The van der Waals surface area contributed by atoms with Crippen LogP contribution in [0.4, 0.5) is 5.69 Å². The fourth-order valence-corrected chi connectivity index (χ4v) is 2.22. The average Bonchev–Trinajstić information content (AvgIpc) is 2.56. The second-order valence-corrected chi connectivity index (χ2v) is 5.04. The van der Waals surface area contributed by atoms with E-state index in [2.05, 4.69) is 0 Å². The molecular formula is C18H21NO3. The van der Waals surface area contributed by atoms with Crippen molar-refractivity contribution in [2.45, 2.75) is 25.8 Å². The molecule has 0 radical (unpaired) electrons. The summed E-state index contributed by atoms with van der Waals surface area (Å²) in [4.78, 5) is 17.5. The molecule has 0 heterocycles. The minimum atomic E-state index is -0.899. The summed E-state index contributed by atoms with van der Waals surface area (Å²) < 4.78 is 0. The van der Waals surface area contributed by atoms with Gasteiger partial charge in [-0.05, 0) is 24.1 Å². The molecule has 2 rings (SSSR count). The summed E-state index contributed by atoms with van der Waals surface area (Å²) in [5.41, 5.74) is 1.72. The molecule has 0 fully saturated rings. The molecule has 0 aliphatic carbocycles. The van der Waals surface area contributed by atoms with Gasteiger partial charge in [0.1, 0.15) is 0 Å². The van der Waals surface area contributed by atoms with Gasteiger partial charge in [0.25, 0.3) is 0 Å². The van der Waals surface area contributed by atoms with Gasteiger partial charge in [-0.15, -0.1) is 0 Å². The number of hydrogen-bond acceptors (Lipinski definition) is 3. The van der Waals surface area contributed by atoms with E-state index in [-0.39, 0.29) is 0 Å². The molecule has 1 unspecified atom stereocenters. The van der Waals surface area contributed by atoms with E-state index < -0.39 is 12.0 Å². The molecule has 4 heteroatoms. The number of aliphatic carboxylic acids is 1. The van der Waals surface area contributed by atoms with Crippen molar-refractivity contribution in [3.05, 3.63) is 66.2 Å². The monoisotopic (exact) mass is 299 g/mol. The number of carboxylic acid groups (broad SMARTS) is 1. The first-order chi connectivity index (χ1) is 10.7. The highest BCUT2D eigenvalue weighted by molar-refractivity contribution is 5.78. The fourth-order valence-electron chi connectivity index (χ4n) is 2.22. The summed E-state index contributed by atoms with van der Waals surface area (Å²) in [5, 5.41) is 11.2. The van der Waals surface area contributed by atoms with Crippen molar-refractivity contribution in [2.24, 2.45) is 0 Å². The van der Waals surface area contributed by atoms with Crippen LogP contribution in [0.5, 0.6) is 0 Å². The lowest BCUT2D eigenvalue weighted by molar-refractivity contribution is -0.140. The second kappa shape index (κ2) is 8.20. The molecule has 2 aromatic carbocycles. The molecule has 4 nitrogen and oxygen atoms in total. The van der Waals surface area contributed by atoms with E-state index in [0.717, 1.165) is 17.7 Å². The minimum absolute atomic E-state index is 0.384. The first-order valence-electron chi connectivity index (χ1n) is 7.46. The number of carboxylic acids is 1. The zero-order valence-electron chi connectivity index (χ0n) is 12.7. The van der Waals surface area contributed by atoms with Crippen LogP contribution in [0.3, 0.4) is 0 Å². The van der Waals surface area contributed by atoms with Crippen LogP contribution in [0.2, 0.25) is 0 Å². The van der Waals surface area contributed by atoms with Crippen LogP contribution in [-0.2, 0) is 16.1 Å². The third-order valence-corrected chi connectivity index (χ3v) is 3.29. The molecule has 116 valence electrons. The summed E-state index contributed by atoms with van der Waals surface area (Å²) in [6.45, 7) is 2.48. The molecule has 0 aliphatic heterocycles. The Morgan fingerprint density at radius 1 is 1.09 bits per heavy atom. The predicted octanol–water partition coefficient (Wildman–Crippen LogP) is 3.53. The van der Waals surface area contributed by atoms with Gasteiger partial charge in [-0.25, -0.2) is 9.86 Å². The zero-order valence-corrected chi connectivity index (χ0v) is 12.7. The number of para-hydroxylation sites is 1. The van der Waals surface area contributed by atoms with Crippen LogP contribution >= 0.6 is 0 Å². The molecule has 0 bridgehead atoms. The second-order valence-electron chi connectivity index (χ2n) is 5.04. The lowest BCUT2D eigenvalue weighted by Crippen LogP contribution is -2.43. The third kappa shape index (κ3) is 4.33. The number of rotatable bonds is 8. The minimum Gasteiger partial charge on any atom is -0.480 e. The van der Waals surface area contributed by atoms with Crippen LogP contribution < -0.4 is 5.06 Å². The van der Waals surface area contributed by atoms with Gasteiger partial charge >= 0.3 is 5.97 Å². The van der Waals surface area contributed by atoms with Crippen LogP contribution in [0.25, 0.3) is 0 Å². The van der Waals surface area contributed by atoms with Gasteiger partial charge in [-0.1, -0.05) is 55.5 Å². The molecule has 22 heavy (non-hydrogen) atoms. The molecule has 0 aromatic heterocycles. The molecular weight excluding hydrogens is 278 g/mol. The molecule has 2 aromatic rings. The molecule has 1 atom stereocenters. The Bertz CT molecular complexity index is 571. The Morgan fingerprint density at radius 2 is 1.68 bits per heavy atom. The van der Waals surface area contributed by atoms with E-state index in [9.17, 15) is 9.90 Å². The first-order valence-corrected chi connectivity index (χ1v) is 7.46. The van der Waals surface area contributed by atoms with Crippen molar-refractivity contribution < 1.29 is 14.7 Å². The van der Waals surface area contributed by atoms with E-state index in [0.29, 0.717) is 13.0 Å². The Hall–Kier alpha value is -2.33. The smallest absolute Gasteiger partial charge is 0.329 e. The van der Waals surface area contributed by atoms with Gasteiger partial charge in [0.15, 0.2) is 6.04 Å². The fraction of sp³-hybridized carbons (Fsp3) is 0.278. The highest BCUT2D eigenvalue weighted by atomic mass is 16.7. The lowest BCUT2D eigenvalue weighted by atomic mass is 10.1. The van der Waals surface area contributed by atoms with Crippen LogP contribution in [-0.4, -0.2) is 23.7 Å². The number of nitrogens with zero attached hydrogens (tertiary/aromatic N) is 1. The van der Waals surface area contributed by atoms with Gasteiger partial charge in [-0.3, -0.25) is 4.84 Å². The Balaban J connectivity index is 2.26. The SMILES string of the molecule is CCCON(c1ccccc1)C(Cc1ccccc1)C(=O)O. The van der Waals surface area contributed by atoms with Crippen molar-refractivity contribution in [3.63, 3.8) is 0 Å². The molecule has 0 amide bonds. The highest BCUT2D eigenvalue weighted by Crippen LogP contribution is 2.20. The Labute approximate surface area is 130 Å². The van der Waals surface area contributed by atoms with Crippen LogP contribution in [0.1, 0.15) is 18.9 Å². The third-order valence-electron chi connectivity index (χ3n) is 3.29. The number of anilines is 1.